The summed E-state index contributed by atoms with van der Waals surface area (Å²) in [6.07, 6.45) is 6.89. The van der Waals surface area contributed by atoms with Crippen molar-refractivity contribution in [2.45, 2.75) is 69.7 Å². The molecule has 3 aromatic heterocycles. The summed E-state index contributed by atoms with van der Waals surface area (Å²) in [7, 11) is 0. The highest BCUT2D eigenvalue weighted by Gasteiger charge is 2.40. The van der Waals surface area contributed by atoms with Gasteiger partial charge in [-0.05, 0) is 51.7 Å². The van der Waals surface area contributed by atoms with Crippen molar-refractivity contribution in [1.29, 1.82) is 5.26 Å². The number of nitriles is 1. The van der Waals surface area contributed by atoms with Crippen molar-refractivity contribution >= 4 is 28.4 Å². The van der Waals surface area contributed by atoms with Gasteiger partial charge in [0, 0.05) is 54.8 Å². The quantitative estimate of drug-likeness (QED) is 0.433. The van der Waals surface area contributed by atoms with Gasteiger partial charge in [-0.3, -0.25) is 15.0 Å². The molecule has 0 saturated carbocycles. The fourth-order valence-electron chi connectivity index (χ4n) is 5.21. The molecule has 2 aliphatic rings. The highest BCUT2D eigenvalue weighted by atomic mass is 16.3. The van der Waals surface area contributed by atoms with E-state index in [9.17, 15) is 5.11 Å². The Labute approximate surface area is 193 Å². The molecule has 0 spiro atoms. The maximum Gasteiger partial charge on any atom is 0.153 e. The van der Waals surface area contributed by atoms with E-state index in [0.29, 0.717) is 41.9 Å². The highest BCUT2D eigenvalue weighted by Crippen LogP contribution is 2.37. The number of nitrogens with one attached hydrogen (secondary N) is 3. The first-order valence-corrected chi connectivity index (χ1v) is 11.6. The predicted octanol–water partition coefficient (Wildman–Crippen LogP) is 3.64. The Hall–Kier alpha value is -3.22. The minimum Gasteiger partial charge on any atom is -0.384 e. The number of anilines is 3. The average molecular weight is 447 g/mol. The molecule has 9 heteroatoms. The lowest BCUT2D eigenvalue weighted by Gasteiger charge is -2.39. The summed E-state index contributed by atoms with van der Waals surface area (Å²) >= 11 is 0. The number of rotatable bonds is 7. The number of hydrogen-bond donors (Lipinski definition) is 4. The van der Waals surface area contributed by atoms with Gasteiger partial charge >= 0.3 is 0 Å². The fourth-order valence-corrected chi connectivity index (χ4v) is 5.21. The van der Waals surface area contributed by atoms with E-state index in [4.69, 9.17) is 10.2 Å². The number of aliphatic hydroxyl groups is 1. The molecular weight excluding hydrogens is 416 g/mol. The first kappa shape index (κ1) is 21.6. The number of fused-ring (bicyclic) bond motifs is 3. The van der Waals surface area contributed by atoms with Gasteiger partial charge in [0.05, 0.1) is 17.3 Å². The summed E-state index contributed by atoms with van der Waals surface area (Å²) in [5, 5.41) is 34.2. The molecule has 2 fully saturated rings. The van der Waals surface area contributed by atoms with E-state index < -0.39 is 5.60 Å². The van der Waals surface area contributed by atoms with E-state index >= 15 is 0 Å². The van der Waals surface area contributed by atoms with Crippen molar-refractivity contribution in [2.24, 2.45) is 0 Å². The third-order valence-electron chi connectivity index (χ3n) is 6.80. The Morgan fingerprint density at radius 2 is 2.03 bits per heavy atom. The maximum absolute atomic E-state index is 10.2. The summed E-state index contributed by atoms with van der Waals surface area (Å²) in [4.78, 5) is 11.9. The number of nitrogens with zero attached hydrogens (tertiary/aromatic N) is 5. The van der Waals surface area contributed by atoms with Crippen molar-refractivity contribution in [2.75, 3.05) is 17.2 Å². The average Bonchev–Trinajstić information content (AvgIpc) is 3.34. The van der Waals surface area contributed by atoms with Crippen LogP contribution in [0.5, 0.6) is 0 Å². The third-order valence-corrected chi connectivity index (χ3v) is 6.80. The van der Waals surface area contributed by atoms with Crippen LogP contribution in [0.3, 0.4) is 0 Å². The van der Waals surface area contributed by atoms with Crippen LogP contribution >= 0.6 is 0 Å². The van der Waals surface area contributed by atoms with Gasteiger partial charge in [0.1, 0.15) is 17.2 Å². The Balaban J connectivity index is 1.37. The third kappa shape index (κ3) is 4.49. The molecule has 2 unspecified atom stereocenters. The van der Waals surface area contributed by atoms with Gasteiger partial charge in [0.25, 0.3) is 0 Å². The van der Waals surface area contributed by atoms with Gasteiger partial charge in [0.15, 0.2) is 5.82 Å². The van der Waals surface area contributed by atoms with Crippen molar-refractivity contribution in [3.63, 3.8) is 0 Å². The smallest absolute Gasteiger partial charge is 0.153 e. The molecule has 0 radical (unpaired) electrons. The van der Waals surface area contributed by atoms with Crippen molar-refractivity contribution < 1.29 is 5.11 Å². The van der Waals surface area contributed by atoms with Crippen LogP contribution in [-0.4, -0.2) is 54.8 Å². The predicted molar refractivity (Wildman–Crippen MR) is 127 cm³/mol. The van der Waals surface area contributed by atoms with Crippen LogP contribution < -0.4 is 10.6 Å². The van der Waals surface area contributed by atoms with Crippen LogP contribution in [0.15, 0.2) is 30.5 Å². The number of piperidine rings is 1. The lowest BCUT2D eigenvalue weighted by Crippen LogP contribution is -2.47. The van der Waals surface area contributed by atoms with E-state index in [2.05, 4.69) is 36.8 Å². The minimum atomic E-state index is -1.00. The van der Waals surface area contributed by atoms with Crippen LogP contribution in [0, 0.1) is 11.3 Å². The Bertz CT molecular complexity index is 1160. The molecule has 2 saturated heterocycles. The van der Waals surface area contributed by atoms with Crippen molar-refractivity contribution in [3.8, 4) is 6.07 Å². The Morgan fingerprint density at radius 1 is 1.24 bits per heavy atom. The monoisotopic (exact) mass is 446 g/mol. The van der Waals surface area contributed by atoms with Gasteiger partial charge in [-0.15, -0.1) is 0 Å². The molecule has 0 amide bonds. The number of aromatic nitrogens is 4. The molecule has 9 nitrogen and oxygen atoms in total. The highest BCUT2D eigenvalue weighted by molar-refractivity contribution is 5.91. The largest absolute Gasteiger partial charge is 0.384 e. The maximum atomic E-state index is 10.2. The number of pyridine rings is 2. The molecule has 3 atom stereocenters. The molecule has 172 valence electrons. The summed E-state index contributed by atoms with van der Waals surface area (Å²) in [6, 6.07) is 11.3. The van der Waals surface area contributed by atoms with E-state index in [1.807, 2.05) is 18.2 Å². The lowest BCUT2D eigenvalue weighted by molar-refractivity contribution is 0.0738. The topological polar surface area (TPSA) is 126 Å². The molecule has 3 aromatic rings. The van der Waals surface area contributed by atoms with E-state index in [0.717, 1.165) is 36.1 Å². The van der Waals surface area contributed by atoms with Crippen LogP contribution in [0.1, 0.15) is 51.6 Å². The molecule has 4 N–H and O–H groups in total. The lowest BCUT2D eigenvalue weighted by atomic mass is 9.97. The van der Waals surface area contributed by atoms with Gasteiger partial charge in [0.2, 0.25) is 0 Å². The second-order valence-corrected chi connectivity index (χ2v) is 9.62. The normalized spacial score (nSPS) is 22.9. The first-order valence-electron chi connectivity index (χ1n) is 11.6. The molecule has 5 rings (SSSR count). The SMILES string of the molecule is CC(C)(O)c1cc(Nc2cc3ncccc3c(NC3CC4CC[C@H](C3)N4CCC#N)n2)n[nH]1. The molecule has 33 heavy (non-hydrogen) atoms. The van der Waals surface area contributed by atoms with Crippen molar-refractivity contribution in [1.82, 2.24) is 25.1 Å². The number of aromatic amines is 1. The molecule has 2 bridgehead atoms. The Morgan fingerprint density at radius 3 is 2.73 bits per heavy atom. The first-order chi connectivity index (χ1) is 15.9. The van der Waals surface area contributed by atoms with Crippen molar-refractivity contribution in [3.05, 3.63) is 36.2 Å². The van der Waals surface area contributed by atoms with Crippen LogP contribution in [0.25, 0.3) is 10.9 Å². The zero-order chi connectivity index (χ0) is 23.0. The fraction of sp³-hybridized carbons (Fsp3) is 0.500. The molecule has 2 aliphatic heterocycles. The molecular formula is C24H30N8O. The van der Waals surface area contributed by atoms with E-state index in [1.54, 1.807) is 26.1 Å². The second kappa shape index (κ2) is 8.61. The van der Waals surface area contributed by atoms with Gasteiger partial charge in [-0.2, -0.15) is 10.4 Å². The van der Waals surface area contributed by atoms with E-state index in [-0.39, 0.29) is 0 Å². The van der Waals surface area contributed by atoms with Gasteiger partial charge in [-0.25, -0.2) is 4.98 Å². The number of hydrogen-bond acceptors (Lipinski definition) is 8. The van der Waals surface area contributed by atoms with Gasteiger partial charge in [-0.1, -0.05) is 0 Å². The summed E-state index contributed by atoms with van der Waals surface area (Å²) in [5.74, 6) is 2.05. The second-order valence-electron chi connectivity index (χ2n) is 9.62. The summed E-state index contributed by atoms with van der Waals surface area (Å²) in [6.45, 7) is 4.30. The summed E-state index contributed by atoms with van der Waals surface area (Å²) < 4.78 is 0. The molecule has 0 aromatic carbocycles. The zero-order valence-electron chi connectivity index (χ0n) is 19.0. The summed E-state index contributed by atoms with van der Waals surface area (Å²) in [5.41, 5.74) is 0.477. The molecule has 0 aliphatic carbocycles. The molecule has 5 heterocycles. The number of H-pyrrole nitrogens is 1. The van der Waals surface area contributed by atoms with Gasteiger partial charge < -0.3 is 15.7 Å². The van der Waals surface area contributed by atoms with Crippen LogP contribution in [0.2, 0.25) is 0 Å². The van der Waals surface area contributed by atoms with Crippen LogP contribution in [-0.2, 0) is 5.60 Å². The standard InChI is InChI=1S/C24H30N8O/c1-24(2,33)20-14-22(31-30-20)28-21-13-19-18(5-3-9-26-19)23(29-21)27-15-11-16-6-7-17(12-15)32(16)10-4-8-25/h3,5,9,13-17,33H,4,6-7,10-12H2,1-2H3,(H3,27,28,29,30,31)/t15?,16-,17?/m1/s1. The zero-order valence-corrected chi connectivity index (χ0v) is 19.0. The minimum absolute atomic E-state index is 0.333. The Kier molecular flexibility index (Phi) is 5.64. The van der Waals surface area contributed by atoms with Crippen LogP contribution in [0.4, 0.5) is 17.5 Å². The van der Waals surface area contributed by atoms with E-state index in [1.165, 1.54) is 12.8 Å².